The van der Waals surface area contributed by atoms with Gasteiger partial charge in [-0.25, -0.2) is 0 Å². The van der Waals surface area contributed by atoms with E-state index in [2.05, 4.69) is 4.90 Å². The molecule has 0 aromatic rings. The van der Waals surface area contributed by atoms with Gasteiger partial charge in [-0.15, -0.1) is 0 Å². The fraction of sp³-hybridized carbons (Fsp3) is 0.909. The number of hydrogen-bond acceptors (Lipinski definition) is 3. The lowest BCUT2D eigenvalue weighted by Crippen LogP contribution is -2.41. The number of carboxylic acid groups (broad SMARTS) is 1. The minimum absolute atomic E-state index is 0.118. The molecule has 1 N–H and O–H groups in total. The number of piperidine rings is 1. The number of carboxylic acids is 1. The highest BCUT2D eigenvalue weighted by Gasteiger charge is 2.27. The first kappa shape index (κ1) is 11.3. The summed E-state index contributed by atoms with van der Waals surface area (Å²) in [4.78, 5) is 13.3. The summed E-state index contributed by atoms with van der Waals surface area (Å²) < 4.78 is 0. The van der Waals surface area contributed by atoms with Crippen molar-refractivity contribution >= 4 is 17.7 Å². The Labute approximate surface area is 95.2 Å². The van der Waals surface area contributed by atoms with E-state index in [0.29, 0.717) is 0 Å². The SMILES string of the molecule is O=C(O)C1CCCN(CC2CCSC2)C1. The molecule has 0 aromatic carbocycles. The molecule has 0 bridgehead atoms. The molecule has 0 saturated carbocycles. The molecule has 2 fully saturated rings. The Balaban J connectivity index is 1.79. The third kappa shape index (κ3) is 3.11. The van der Waals surface area contributed by atoms with Gasteiger partial charge >= 0.3 is 5.97 Å². The van der Waals surface area contributed by atoms with Crippen LogP contribution in [0.2, 0.25) is 0 Å². The zero-order valence-electron chi connectivity index (χ0n) is 9.02. The van der Waals surface area contributed by atoms with E-state index in [9.17, 15) is 4.79 Å². The predicted octanol–water partition coefficient (Wildman–Crippen LogP) is 1.54. The average molecular weight is 229 g/mol. The van der Waals surface area contributed by atoms with Crippen LogP contribution in [0.25, 0.3) is 0 Å². The van der Waals surface area contributed by atoms with E-state index in [1.165, 1.54) is 17.9 Å². The highest BCUT2D eigenvalue weighted by atomic mass is 32.2. The maximum atomic E-state index is 10.9. The number of thioether (sulfide) groups is 1. The second kappa shape index (κ2) is 5.21. The summed E-state index contributed by atoms with van der Waals surface area (Å²) in [5, 5.41) is 8.99. The van der Waals surface area contributed by atoms with Crippen molar-refractivity contribution in [3.8, 4) is 0 Å². The van der Waals surface area contributed by atoms with Crippen molar-refractivity contribution in [2.24, 2.45) is 11.8 Å². The topological polar surface area (TPSA) is 40.5 Å². The van der Waals surface area contributed by atoms with Crippen molar-refractivity contribution in [1.82, 2.24) is 4.90 Å². The lowest BCUT2D eigenvalue weighted by Gasteiger charge is -2.32. The standard InChI is InChI=1S/C11H19NO2S/c13-11(14)10-2-1-4-12(7-10)6-9-3-5-15-8-9/h9-10H,1-8H2,(H,13,14). The number of likely N-dealkylation sites (tertiary alicyclic amines) is 1. The highest BCUT2D eigenvalue weighted by Crippen LogP contribution is 2.26. The lowest BCUT2D eigenvalue weighted by atomic mass is 9.97. The smallest absolute Gasteiger partial charge is 0.307 e. The summed E-state index contributed by atoms with van der Waals surface area (Å²) in [6.07, 6.45) is 3.24. The molecular formula is C11H19NO2S. The molecular weight excluding hydrogens is 210 g/mol. The number of aliphatic carboxylic acids is 1. The van der Waals surface area contributed by atoms with Crippen LogP contribution < -0.4 is 0 Å². The minimum atomic E-state index is -0.611. The number of nitrogens with zero attached hydrogens (tertiary/aromatic N) is 1. The zero-order chi connectivity index (χ0) is 10.7. The molecule has 2 aliphatic heterocycles. The molecule has 0 spiro atoms. The van der Waals surface area contributed by atoms with Crippen molar-refractivity contribution in [3.63, 3.8) is 0 Å². The van der Waals surface area contributed by atoms with Gasteiger partial charge in [-0.2, -0.15) is 11.8 Å². The van der Waals surface area contributed by atoms with Gasteiger partial charge in [-0.3, -0.25) is 4.79 Å². The van der Waals surface area contributed by atoms with Crippen molar-refractivity contribution in [3.05, 3.63) is 0 Å². The van der Waals surface area contributed by atoms with E-state index in [0.717, 1.165) is 38.4 Å². The van der Waals surface area contributed by atoms with Crippen molar-refractivity contribution in [2.75, 3.05) is 31.1 Å². The molecule has 3 nitrogen and oxygen atoms in total. The van der Waals surface area contributed by atoms with Gasteiger partial charge in [-0.05, 0) is 43.2 Å². The Morgan fingerprint density at radius 1 is 1.47 bits per heavy atom. The van der Waals surface area contributed by atoms with Crippen molar-refractivity contribution in [1.29, 1.82) is 0 Å². The van der Waals surface area contributed by atoms with Gasteiger partial charge in [0.1, 0.15) is 0 Å². The van der Waals surface area contributed by atoms with Crippen LogP contribution in [0.5, 0.6) is 0 Å². The number of rotatable bonds is 3. The van der Waals surface area contributed by atoms with Crippen LogP contribution in [0.3, 0.4) is 0 Å². The molecule has 86 valence electrons. The summed E-state index contributed by atoms with van der Waals surface area (Å²) >= 11 is 2.03. The average Bonchev–Trinajstić information content (AvgIpc) is 2.71. The quantitative estimate of drug-likeness (QED) is 0.797. The fourth-order valence-electron chi connectivity index (χ4n) is 2.52. The Morgan fingerprint density at radius 3 is 3.00 bits per heavy atom. The molecule has 0 radical (unpaired) electrons. The molecule has 4 heteroatoms. The largest absolute Gasteiger partial charge is 0.481 e. The first-order valence-corrected chi connectivity index (χ1v) is 6.94. The number of carbonyl (C=O) groups is 1. The van der Waals surface area contributed by atoms with Gasteiger partial charge in [0.2, 0.25) is 0 Å². The van der Waals surface area contributed by atoms with Crippen LogP contribution in [-0.4, -0.2) is 47.1 Å². The van der Waals surface area contributed by atoms with Gasteiger partial charge in [0.05, 0.1) is 5.92 Å². The summed E-state index contributed by atoms with van der Waals surface area (Å²) in [6, 6.07) is 0. The molecule has 0 aromatic heterocycles. The monoisotopic (exact) mass is 229 g/mol. The van der Waals surface area contributed by atoms with E-state index in [-0.39, 0.29) is 5.92 Å². The maximum Gasteiger partial charge on any atom is 0.307 e. The van der Waals surface area contributed by atoms with Gasteiger partial charge in [0.25, 0.3) is 0 Å². The maximum absolute atomic E-state index is 10.9. The van der Waals surface area contributed by atoms with Gasteiger partial charge in [0.15, 0.2) is 0 Å². The van der Waals surface area contributed by atoms with Crippen LogP contribution >= 0.6 is 11.8 Å². The Hall–Kier alpha value is -0.220. The van der Waals surface area contributed by atoms with E-state index < -0.39 is 5.97 Å². The van der Waals surface area contributed by atoms with Crippen LogP contribution in [0.1, 0.15) is 19.3 Å². The van der Waals surface area contributed by atoms with Gasteiger partial charge in [-0.1, -0.05) is 0 Å². The first-order chi connectivity index (χ1) is 7.25. The summed E-state index contributed by atoms with van der Waals surface area (Å²) in [5.74, 6) is 2.64. The van der Waals surface area contributed by atoms with Crippen molar-refractivity contribution in [2.45, 2.75) is 19.3 Å². The van der Waals surface area contributed by atoms with Crippen LogP contribution in [0.4, 0.5) is 0 Å². The molecule has 2 rings (SSSR count). The molecule has 2 aliphatic rings. The molecule has 2 unspecified atom stereocenters. The lowest BCUT2D eigenvalue weighted by molar-refractivity contribution is -0.143. The van der Waals surface area contributed by atoms with E-state index >= 15 is 0 Å². The predicted molar refractivity (Wildman–Crippen MR) is 62.2 cm³/mol. The van der Waals surface area contributed by atoms with Crippen molar-refractivity contribution < 1.29 is 9.90 Å². The second-order valence-corrected chi connectivity index (χ2v) is 5.82. The summed E-state index contributed by atoms with van der Waals surface area (Å²) in [6.45, 7) is 3.00. The Kier molecular flexibility index (Phi) is 3.92. The Bertz CT molecular complexity index is 229. The van der Waals surface area contributed by atoms with Crippen LogP contribution in [0, 0.1) is 11.8 Å². The van der Waals surface area contributed by atoms with Crippen LogP contribution in [-0.2, 0) is 4.79 Å². The molecule has 2 atom stereocenters. The third-order valence-electron chi connectivity index (χ3n) is 3.40. The van der Waals surface area contributed by atoms with E-state index in [1.54, 1.807) is 0 Å². The normalized spacial score (nSPS) is 33.1. The Morgan fingerprint density at radius 2 is 2.33 bits per heavy atom. The molecule has 15 heavy (non-hydrogen) atoms. The molecule has 2 heterocycles. The van der Waals surface area contributed by atoms with E-state index in [4.69, 9.17) is 5.11 Å². The summed E-state index contributed by atoms with van der Waals surface area (Å²) in [7, 11) is 0. The second-order valence-electron chi connectivity index (χ2n) is 4.67. The molecule has 0 aliphatic carbocycles. The van der Waals surface area contributed by atoms with Gasteiger partial charge < -0.3 is 10.0 Å². The van der Waals surface area contributed by atoms with E-state index in [1.807, 2.05) is 11.8 Å². The first-order valence-electron chi connectivity index (χ1n) is 5.78. The molecule has 2 saturated heterocycles. The number of hydrogen-bond donors (Lipinski definition) is 1. The minimum Gasteiger partial charge on any atom is -0.481 e. The zero-order valence-corrected chi connectivity index (χ0v) is 9.84. The third-order valence-corrected chi connectivity index (χ3v) is 4.63. The fourth-order valence-corrected chi connectivity index (χ4v) is 3.79. The van der Waals surface area contributed by atoms with Gasteiger partial charge in [0, 0.05) is 13.1 Å². The highest BCUT2D eigenvalue weighted by molar-refractivity contribution is 7.99. The summed E-state index contributed by atoms with van der Waals surface area (Å²) in [5.41, 5.74) is 0. The van der Waals surface area contributed by atoms with Crippen LogP contribution in [0.15, 0.2) is 0 Å². The molecule has 0 amide bonds.